The summed E-state index contributed by atoms with van der Waals surface area (Å²) in [5.74, 6) is -1.52. The normalized spacial score (nSPS) is 17.6. The molecule has 2 rings (SSSR count). The summed E-state index contributed by atoms with van der Waals surface area (Å²) in [6.45, 7) is 7.65. The van der Waals surface area contributed by atoms with Gasteiger partial charge in [0.15, 0.2) is 0 Å². The molecule has 1 saturated heterocycles. The van der Waals surface area contributed by atoms with Crippen LogP contribution in [0.15, 0.2) is 18.2 Å². The van der Waals surface area contributed by atoms with Crippen LogP contribution in [0.4, 0.5) is 18.4 Å². The molecule has 0 aromatic heterocycles. The first-order valence-corrected chi connectivity index (χ1v) is 8.96. The fraction of sp³-hybridized carbons (Fsp3) is 0.579. The Balaban J connectivity index is 1.96. The van der Waals surface area contributed by atoms with E-state index in [9.17, 15) is 18.4 Å². The van der Waals surface area contributed by atoms with Crippen molar-refractivity contribution in [3.8, 4) is 0 Å². The minimum Gasteiger partial charge on any atom is -0.444 e. The molecule has 150 valence electrons. The van der Waals surface area contributed by atoms with E-state index in [1.807, 2.05) is 6.92 Å². The van der Waals surface area contributed by atoms with Crippen LogP contribution in [0.5, 0.6) is 0 Å². The molecule has 0 unspecified atom stereocenters. The van der Waals surface area contributed by atoms with Crippen LogP contribution in [-0.4, -0.2) is 53.3 Å². The Kier molecular flexibility index (Phi) is 6.62. The lowest BCUT2D eigenvalue weighted by Gasteiger charge is -2.40. The molecule has 0 spiro atoms. The highest BCUT2D eigenvalue weighted by Gasteiger charge is 2.34. The number of carbonyl (C=O) groups is 2. The number of piperazine rings is 1. The number of ether oxygens (including phenoxy) is 2. The van der Waals surface area contributed by atoms with Gasteiger partial charge in [0.1, 0.15) is 23.8 Å². The highest BCUT2D eigenvalue weighted by molar-refractivity contribution is 5.71. The molecule has 0 N–H and O–H groups in total. The first kappa shape index (κ1) is 20.9. The van der Waals surface area contributed by atoms with Crippen molar-refractivity contribution in [2.24, 2.45) is 0 Å². The summed E-state index contributed by atoms with van der Waals surface area (Å²) in [4.78, 5) is 27.7. The van der Waals surface area contributed by atoms with Gasteiger partial charge in [-0.2, -0.15) is 0 Å². The molecule has 1 fully saturated rings. The van der Waals surface area contributed by atoms with E-state index >= 15 is 0 Å². The largest absolute Gasteiger partial charge is 0.444 e. The zero-order valence-electron chi connectivity index (χ0n) is 16.1. The van der Waals surface area contributed by atoms with Crippen molar-refractivity contribution in [2.45, 2.75) is 52.4 Å². The molecule has 8 heteroatoms. The summed E-state index contributed by atoms with van der Waals surface area (Å²) in [6.07, 6.45) is -0.488. The van der Waals surface area contributed by atoms with Crippen LogP contribution >= 0.6 is 0 Å². The van der Waals surface area contributed by atoms with Gasteiger partial charge >= 0.3 is 12.2 Å². The van der Waals surface area contributed by atoms with Crippen molar-refractivity contribution in [3.63, 3.8) is 0 Å². The van der Waals surface area contributed by atoms with Crippen LogP contribution in [0.25, 0.3) is 0 Å². The van der Waals surface area contributed by atoms with E-state index in [2.05, 4.69) is 0 Å². The maximum atomic E-state index is 13.7. The highest BCUT2D eigenvalue weighted by atomic mass is 19.1. The molecule has 1 heterocycles. The van der Waals surface area contributed by atoms with Gasteiger partial charge in [0, 0.05) is 19.6 Å². The van der Waals surface area contributed by atoms with E-state index in [-0.39, 0.29) is 18.2 Å². The Labute approximate surface area is 158 Å². The predicted octanol–water partition coefficient (Wildman–Crippen LogP) is 3.93. The van der Waals surface area contributed by atoms with E-state index in [0.29, 0.717) is 19.5 Å². The number of hydrogen-bond acceptors (Lipinski definition) is 4. The number of carbonyl (C=O) groups excluding carboxylic acids is 2. The number of rotatable bonds is 3. The maximum Gasteiger partial charge on any atom is 0.410 e. The lowest BCUT2D eigenvalue weighted by molar-refractivity contribution is 0.000533. The Bertz CT molecular complexity index is 671. The quantitative estimate of drug-likeness (QED) is 0.792. The predicted molar refractivity (Wildman–Crippen MR) is 95.1 cm³/mol. The van der Waals surface area contributed by atoms with Crippen LogP contribution in [-0.2, 0) is 16.1 Å². The van der Waals surface area contributed by atoms with Crippen molar-refractivity contribution in [1.29, 1.82) is 0 Å². The Hall–Kier alpha value is -2.38. The molecular weight excluding hydrogens is 358 g/mol. The number of nitrogens with zero attached hydrogens (tertiary/aromatic N) is 2. The van der Waals surface area contributed by atoms with Crippen LogP contribution in [0.1, 0.15) is 39.7 Å². The van der Waals surface area contributed by atoms with Gasteiger partial charge in [-0.15, -0.1) is 0 Å². The average molecular weight is 384 g/mol. The third-order valence-electron chi connectivity index (χ3n) is 4.24. The molecule has 1 atom stereocenters. The number of halogens is 2. The smallest absolute Gasteiger partial charge is 0.410 e. The van der Waals surface area contributed by atoms with E-state index in [0.717, 1.165) is 12.1 Å². The SMILES string of the molecule is CC[C@@H]1CN(C(=O)OC(C)(C)C)CCN1C(=O)OCc1c(F)cccc1F. The average Bonchev–Trinajstić information content (AvgIpc) is 2.59. The monoisotopic (exact) mass is 384 g/mol. The Morgan fingerprint density at radius 1 is 1.15 bits per heavy atom. The van der Waals surface area contributed by atoms with Gasteiger partial charge in [-0.05, 0) is 39.3 Å². The fourth-order valence-electron chi connectivity index (χ4n) is 2.82. The highest BCUT2D eigenvalue weighted by Crippen LogP contribution is 2.19. The van der Waals surface area contributed by atoms with Crippen molar-refractivity contribution >= 4 is 12.2 Å². The maximum absolute atomic E-state index is 13.7. The zero-order chi connectivity index (χ0) is 20.2. The summed E-state index contributed by atoms with van der Waals surface area (Å²) in [5.41, 5.74) is -0.884. The minimum atomic E-state index is -0.760. The third kappa shape index (κ3) is 5.55. The lowest BCUT2D eigenvalue weighted by atomic mass is 10.1. The van der Waals surface area contributed by atoms with Crippen LogP contribution < -0.4 is 0 Å². The molecule has 1 aromatic rings. The molecule has 0 saturated carbocycles. The van der Waals surface area contributed by atoms with Gasteiger partial charge in [0.25, 0.3) is 0 Å². The molecule has 0 bridgehead atoms. The van der Waals surface area contributed by atoms with Crippen LogP contribution in [0.2, 0.25) is 0 Å². The summed E-state index contributed by atoms with van der Waals surface area (Å²) >= 11 is 0. The van der Waals surface area contributed by atoms with Gasteiger partial charge < -0.3 is 19.3 Å². The van der Waals surface area contributed by atoms with Gasteiger partial charge in [0.05, 0.1) is 11.6 Å². The minimum absolute atomic E-state index is 0.260. The number of benzene rings is 1. The van der Waals surface area contributed by atoms with Crippen molar-refractivity contribution in [3.05, 3.63) is 35.4 Å². The van der Waals surface area contributed by atoms with Crippen LogP contribution in [0.3, 0.4) is 0 Å². The van der Waals surface area contributed by atoms with Gasteiger partial charge in [0.2, 0.25) is 0 Å². The molecule has 0 radical (unpaired) electrons. The molecule has 6 nitrogen and oxygen atoms in total. The van der Waals surface area contributed by atoms with Gasteiger partial charge in [-0.3, -0.25) is 0 Å². The second-order valence-corrected chi connectivity index (χ2v) is 7.44. The standard InChI is InChI=1S/C19H26F2N2O4/c1-5-13-11-22(17(24)27-19(2,3)4)9-10-23(13)18(25)26-12-14-15(20)7-6-8-16(14)21/h6-8,13H,5,9-12H2,1-4H3/t13-/m1/s1. The van der Waals surface area contributed by atoms with Crippen LogP contribution in [0, 0.1) is 11.6 Å². The summed E-state index contributed by atoms with van der Waals surface area (Å²) < 4.78 is 37.8. The number of hydrogen-bond donors (Lipinski definition) is 0. The molecule has 1 aromatic carbocycles. The first-order valence-electron chi connectivity index (χ1n) is 8.96. The fourth-order valence-corrected chi connectivity index (χ4v) is 2.82. The van der Waals surface area contributed by atoms with Crippen molar-refractivity contribution in [2.75, 3.05) is 19.6 Å². The lowest BCUT2D eigenvalue weighted by Crippen LogP contribution is -2.57. The van der Waals surface area contributed by atoms with Gasteiger partial charge in [-0.1, -0.05) is 13.0 Å². The molecule has 2 amide bonds. The summed E-state index contributed by atoms with van der Waals surface area (Å²) in [7, 11) is 0. The van der Waals surface area contributed by atoms with E-state index in [1.54, 1.807) is 25.7 Å². The summed E-state index contributed by atoms with van der Waals surface area (Å²) in [6, 6.07) is 3.21. The van der Waals surface area contributed by atoms with E-state index in [1.165, 1.54) is 11.0 Å². The topological polar surface area (TPSA) is 59.1 Å². The summed E-state index contributed by atoms with van der Waals surface area (Å²) in [5, 5.41) is 0. The molecule has 27 heavy (non-hydrogen) atoms. The molecular formula is C19H26F2N2O4. The second kappa shape index (κ2) is 8.54. The molecule has 0 aliphatic carbocycles. The van der Waals surface area contributed by atoms with Crippen molar-refractivity contribution < 1.29 is 27.8 Å². The van der Waals surface area contributed by atoms with Crippen molar-refractivity contribution in [1.82, 2.24) is 9.80 Å². The molecule has 1 aliphatic rings. The van der Waals surface area contributed by atoms with E-state index < -0.39 is 36.0 Å². The first-order chi connectivity index (χ1) is 12.6. The Morgan fingerprint density at radius 2 is 1.78 bits per heavy atom. The number of amides is 2. The molecule has 1 aliphatic heterocycles. The third-order valence-corrected chi connectivity index (χ3v) is 4.24. The Morgan fingerprint density at radius 3 is 2.33 bits per heavy atom. The zero-order valence-corrected chi connectivity index (χ0v) is 16.1. The van der Waals surface area contributed by atoms with E-state index in [4.69, 9.17) is 9.47 Å². The second-order valence-electron chi connectivity index (χ2n) is 7.44. The van der Waals surface area contributed by atoms with Gasteiger partial charge in [-0.25, -0.2) is 18.4 Å².